The summed E-state index contributed by atoms with van der Waals surface area (Å²) in [7, 11) is -4.73. The van der Waals surface area contributed by atoms with Crippen LogP contribution in [0.25, 0.3) is 0 Å². The van der Waals surface area contributed by atoms with E-state index < -0.39 is 20.5 Å². The lowest BCUT2D eigenvalue weighted by molar-refractivity contribution is 0.234. The first-order valence-corrected chi connectivity index (χ1v) is 7.57. The molecule has 7 heteroatoms. The normalized spacial score (nSPS) is 11.6. The predicted molar refractivity (Wildman–Crippen MR) is 74.0 cm³/mol. The second-order valence-corrected chi connectivity index (χ2v) is 6.09. The second kappa shape index (κ2) is 6.19. The average molecular weight is 313 g/mol. The van der Waals surface area contributed by atoms with Crippen molar-refractivity contribution in [3.05, 3.63) is 54.1 Å². The van der Waals surface area contributed by atoms with Crippen LogP contribution in [0.15, 0.2) is 53.4 Å². The van der Waals surface area contributed by atoms with E-state index in [1.165, 1.54) is 18.2 Å². The minimum absolute atomic E-state index is 0.146. The van der Waals surface area contributed by atoms with E-state index in [1.54, 1.807) is 24.3 Å². The highest BCUT2D eigenvalue weighted by Gasteiger charge is 2.29. The van der Waals surface area contributed by atoms with Gasteiger partial charge >= 0.3 is 5.76 Å². The van der Waals surface area contributed by atoms with E-state index in [0.29, 0.717) is 5.75 Å². The van der Waals surface area contributed by atoms with Gasteiger partial charge in [-0.2, -0.15) is 8.78 Å². The molecule has 0 spiro atoms. The number of halogens is 2. The molecule has 4 nitrogen and oxygen atoms in total. The molecule has 21 heavy (non-hydrogen) atoms. The third-order valence-electron chi connectivity index (χ3n) is 2.75. The van der Waals surface area contributed by atoms with Crippen LogP contribution < -0.4 is 10.5 Å². The molecule has 2 rings (SSSR count). The van der Waals surface area contributed by atoms with Gasteiger partial charge in [0.05, 0.1) is 0 Å². The monoisotopic (exact) mass is 313 g/mol. The highest BCUT2D eigenvalue weighted by Crippen LogP contribution is 2.31. The summed E-state index contributed by atoms with van der Waals surface area (Å²) in [6.45, 7) is 0.286. The topological polar surface area (TPSA) is 69.4 Å². The molecule has 0 unspecified atom stereocenters. The molecule has 0 aliphatic rings. The number of nitrogens with two attached hydrogens (primary N) is 1. The largest absolute Gasteiger partial charge is 0.456 e. The van der Waals surface area contributed by atoms with E-state index in [0.717, 1.165) is 11.6 Å². The summed E-state index contributed by atoms with van der Waals surface area (Å²) >= 11 is 0. The number of sulfone groups is 1. The second-order valence-electron chi connectivity index (χ2n) is 4.21. The first kappa shape index (κ1) is 15.4. The first-order valence-electron chi connectivity index (χ1n) is 6.03. The van der Waals surface area contributed by atoms with Crippen LogP contribution in [-0.2, 0) is 16.4 Å². The lowest BCUT2D eigenvalue weighted by Gasteiger charge is -2.11. The van der Waals surface area contributed by atoms with Gasteiger partial charge in [-0.1, -0.05) is 24.3 Å². The van der Waals surface area contributed by atoms with Crippen molar-refractivity contribution in [2.75, 3.05) is 0 Å². The highest BCUT2D eigenvalue weighted by atomic mass is 32.2. The van der Waals surface area contributed by atoms with E-state index in [2.05, 4.69) is 0 Å². The van der Waals surface area contributed by atoms with E-state index in [9.17, 15) is 17.2 Å². The number of ether oxygens (including phenoxy) is 1. The van der Waals surface area contributed by atoms with Gasteiger partial charge in [0.25, 0.3) is 0 Å². The Labute approximate surface area is 121 Å². The van der Waals surface area contributed by atoms with Crippen molar-refractivity contribution in [3.63, 3.8) is 0 Å². The Morgan fingerprint density at radius 1 is 1.10 bits per heavy atom. The highest BCUT2D eigenvalue weighted by molar-refractivity contribution is 7.91. The zero-order valence-electron chi connectivity index (χ0n) is 10.9. The minimum Gasteiger partial charge on any atom is -0.456 e. The van der Waals surface area contributed by atoms with Crippen molar-refractivity contribution in [1.29, 1.82) is 0 Å². The summed E-state index contributed by atoms with van der Waals surface area (Å²) in [6.07, 6.45) is 0. The van der Waals surface area contributed by atoms with Crippen LogP contribution in [0.4, 0.5) is 8.78 Å². The molecule has 0 atom stereocenters. The molecule has 2 aromatic carbocycles. The molecule has 2 aromatic rings. The molecule has 0 aromatic heterocycles. The van der Waals surface area contributed by atoms with Crippen molar-refractivity contribution in [2.45, 2.75) is 17.2 Å². The van der Waals surface area contributed by atoms with Crippen LogP contribution in [0, 0.1) is 0 Å². The summed E-state index contributed by atoms with van der Waals surface area (Å²) < 4.78 is 54.0. The smallest absolute Gasteiger partial charge is 0.341 e. The van der Waals surface area contributed by atoms with Gasteiger partial charge < -0.3 is 10.5 Å². The molecule has 0 saturated heterocycles. The number of alkyl halides is 2. The maximum absolute atomic E-state index is 12.7. The van der Waals surface area contributed by atoms with Crippen molar-refractivity contribution in [2.24, 2.45) is 5.73 Å². The van der Waals surface area contributed by atoms with Crippen LogP contribution in [0.3, 0.4) is 0 Å². The van der Waals surface area contributed by atoms with E-state index in [4.69, 9.17) is 10.5 Å². The Balaban J connectivity index is 2.41. The SMILES string of the molecule is NCc1cccc(Oc2ccccc2S(=O)(=O)C(F)F)c1. The first-order chi connectivity index (χ1) is 9.95. The molecule has 0 aliphatic heterocycles. The van der Waals surface area contributed by atoms with E-state index in [1.807, 2.05) is 0 Å². The van der Waals surface area contributed by atoms with Gasteiger partial charge in [0.2, 0.25) is 9.84 Å². The fourth-order valence-corrected chi connectivity index (χ4v) is 2.58. The van der Waals surface area contributed by atoms with Crippen molar-refractivity contribution < 1.29 is 21.9 Å². The van der Waals surface area contributed by atoms with E-state index >= 15 is 0 Å². The molecule has 0 amide bonds. The minimum atomic E-state index is -4.73. The molecule has 0 radical (unpaired) electrons. The summed E-state index contributed by atoms with van der Waals surface area (Å²) in [6, 6.07) is 11.9. The van der Waals surface area contributed by atoms with Gasteiger partial charge in [0.1, 0.15) is 16.4 Å². The molecule has 0 heterocycles. The maximum atomic E-state index is 12.7. The molecule has 0 fully saturated rings. The van der Waals surface area contributed by atoms with Gasteiger partial charge in [-0.25, -0.2) is 8.42 Å². The third kappa shape index (κ3) is 3.37. The predicted octanol–water partition coefficient (Wildman–Crippen LogP) is 2.93. The summed E-state index contributed by atoms with van der Waals surface area (Å²) in [4.78, 5) is -0.543. The zero-order chi connectivity index (χ0) is 15.5. The Morgan fingerprint density at radius 3 is 2.48 bits per heavy atom. The molecular weight excluding hydrogens is 300 g/mol. The number of benzene rings is 2. The van der Waals surface area contributed by atoms with Crippen LogP contribution in [0.5, 0.6) is 11.5 Å². The quantitative estimate of drug-likeness (QED) is 0.921. The Kier molecular flexibility index (Phi) is 4.54. The fraction of sp³-hybridized carbons (Fsp3) is 0.143. The van der Waals surface area contributed by atoms with Gasteiger partial charge in [-0.3, -0.25) is 0 Å². The number of para-hydroxylation sites is 1. The van der Waals surface area contributed by atoms with Gasteiger partial charge in [0, 0.05) is 6.54 Å². The summed E-state index contributed by atoms with van der Waals surface area (Å²) in [5, 5.41) is 0. The number of hydrogen-bond acceptors (Lipinski definition) is 4. The van der Waals surface area contributed by atoms with Crippen LogP contribution in [0.1, 0.15) is 5.56 Å². The lowest BCUT2D eigenvalue weighted by atomic mass is 10.2. The van der Waals surface area contributed by atoms with Crippen molar-refractivity contribution in [1.82, 2.24) is 0 Å². The lowest BCUT2D eigenvalue weighted by Crippen LogP contribution is -2.12. The van der Waals surface area contributed by atoms with Crippen molar-refractivity contribution >= 4 is 9.84 Å². The molecule has 2 N–H and O–H groups in total. The molecule has 0 aliphatic carbocycles. The Morgan fingerprint density at radius 2 is 1.81 bits per heavy atom. The Hall–Kier alpha value is -1.99. The summed E-state index contributed by atoms with van der Waals surface area (Å²) in [5.41, 5.74) is 6.28. The van der Waals surface area contributed by atoms with Gasteiger partial charge in [-0.05, 0) is 29.8 Å². The van der Waals surface area contributed by atoms with Gasteiger partial charge in [0.15, 0.2) is 0 Å². The third-order valence-corrected chi connectivity index (χ3v) is 4.17. The molecule has 112 valence electrons. The maximum Gasteiger partial charge on any atom is 0.341 e. The van der Waals surface area contributed by atoms with Crippen molar-refractivity contribution in [3.8, 4) is 11.5 Å². The van der Waals surface area contributed by atoms with Crippen LogP contribution in [-0.4, -0.2) is 14.2 Å². The van der Waals surface area contributed by atoms with Crippen LogP contribution in [0.2, 0.25) is 0 Å². The summed E-state index contributed by atoms with van der Waals surface area (Å²) in [5.74, 6) is -3.32. The Bertz CT molecular complexity index is 733. The van der Waals surface area contributed by atoms with Crippen LogP contribution >= 0.6 is 0 Å². The molecule has 0 saturated carbocycles. The average Bonchev–Trinajstić information content (AvgIpc) is 2.47. The van der Waals surface area contributed by atoms with Gasteiger partial charge in [-0.15, -0.1) is 0 Å². The number of rotatable bonds is 5. The standard InChI is InChI=1S/C14H13F2NO3S/c15-14(16)21(18,19)13-7-2-1-6-12(13)20-11-5-3-4-10(8-11)9-17/h1-8,14H,9,17H2. The van der Waals surface area contributed by atoms with E-state index in [-0.39, 0.29) is 12.3 Å². The molecule has 0 bridgehead atoms. The molecular formula is C14H13F2NO3S. The zero-order valence-corrected chi connectivity index (χ0v) is 11.7. The fourth-order valence-electron chi connectivity index (χ4n) is 1.73. The number of hydrogen-bond donors (Lipinski definition) is 1.